The zero-order valence-corrected chi connectivity index (χ0v) is 14.0. The summed E-state index contributed by atoms with van der Waals surface area (Å²) in [6, 6.07) is 6.05. The van der Waals surface area contributed by atoms with Crippen molar-refractivity contribution in [3.8, 4) is 0 Å². The van der Waals surface area contributed by atoms with E-state index in [1.165, 1.54) is 29.7 Å². The Morgan fingerprint density at radius 2 is 1.86 bits per heavy atom. The van der Waals surface area contributed by atoms with Gasteiger partial charge in [0.2, 0.25) is 10.0 Å². The second-order valence-corrected chi connectivity index (χ2v) is 7.36. The molecule has 2 rings (SSSR count). The average Bonchev–Trinajstić information content (AvgIpc) is 2.80. The van der Waals surface area contributed by atoms with Crippen molar-refractivity contribution in [2.45, 2.75) is 24.9 Å². The molecule has 0 aliphatic heterocycles. The zero-order valence-electron chi connectivity index (χ0n) is 11.6. The van der Waals surface area contributed by atoms with Crippen molar-refractivity contribution in [1.29, 1.82) is 0 Å². The lowest BCUT2D eigenvalue weighted by atomic mass is 10.4. The van der Waals surface area contributed by atoms with Gasteiger partial charge in [0.05, 0.1) is 28.4 Å². The Morgan fingerprint density at radius 3 is 2.43 bits per heavy atom. The van der Waals surface area contributed by atoms with Gasteiger partial charge in [-0.2, -0.15) is 9.40 Å². The molecule has 0 amide bonds. The van der Waals surface area contributed by atoms with Gasteiger partial charge in [-0.3, -0.25) is 4.68 Å². The predicted octanol–water partition coefficient (Wildman–Crippen LogP) is 3.03. The van der Waals surface area contributed by atoms with Crippen LogP contribution in [0.25, 0.3) is 0 Å². The Morgan fingerprint density at radius 1 is 1.24 bits per heavy atom. The molecule has 0 saturated heterocycles. The number of rotatable bonds is 5. The van der Waals surface area contributed by atoms with E-state index in [1.54, 1.807) is 16.8 Å². The summed E-state index contributed by atoms with van der Waals surface area (Å²) in [5.41, 5.74) is 0.666. The van der Waals surface area contributed by atoms with E-state index < -0.39 is 10.0 Å². The maximum Gasteiger partial charge on any atom is 0.243 e. The van der Waals surface area contributed by atoms with Gasteiger partial charge in [-0.1, -0.05) is 23.2 Å². The molecule has 0 N–H and O–H groups in total. The zero-order chi connectivity index (χ0) is 15.6. The number of hydrogen-bond acceptors (Lipinski definition) is 3. The standard InChI is InChI=1S/C13H15Cl2N3O2S/c1-3-18-13(12(15)8-16-18)9-17(2)21(19,20)11-6-4-10(14)5-7-11/h4-8H,3,9H2,1-2H3. The van der Waals surface area contributed by atoms with Gasteiger partial charge < -0.3 is 0 Å². The lowest BCUT2D eigenvalue weighted by Gasteiger charge is -2.18. The first-order chi connectivity index (χ1) is 9.86. The first kappa shape index (κ1) is 16.3. The van der Waals surface area contributed by atoms with Crippen LogP contribution in [-0.2, 0) is 23.1 Å². The van der Waals surface area contributed by atoms with Crippen molar-refractivity contribution in [3.05, 3.63) is 46.2 Å². The smallest absolute Gasteiger partial charge is 0.243 e. The van der Waals surface area contributed by atoms with Crippen molar-refractivity contribution < 1.29 is 8.42 Å². The fourth-order valence-electron chi connectivity index (χ4n) is 1.90. The Labute approximate surface area is 134 Å². The third kappa shape index (κ3) is 3.40. The number of halogens is 2. The van der Waals surface area contributed by atoms with Gasteiger partial charge >= 0.3 is 0 Å². The molecule has 0 aliphatic rings. The van der Waals surface area contributed by atoms with Crippen LogP contribution in [0.2, 0.25) is 10.0 Å². The molecule has 1 aromatic carbocycles. The summed E-state index contributed by atoms with van der Waals surface area (Å²) in [5, 5.41) is 5.04. The van der Waals surface area contributed by atoms with Gasteiger partial charge in [0.25, 0.3) is 0 Å². The van der Waals surface area contributed by atoms with E-state index in [9.17, 15) is 8.42 Å². The minimum atomic E-state index is -3.60. The first-order valence-electron chi connectivity index (χ1n) is 6.28. The van der Waals surface area contributed by atoms with Crippen LogP contribution in [0.15, 0.2) is 35.4 Å². The van der Waals surface area contributed by atoms with Crippen molar-refractivity contribution in [1.82, 2.24) is 14.1 Å². The molecule has 0 spiro atoms. The van der Waals surface area contributed by atoms with E-state index in [4.69, 9.17) is 23.2 Å². The summed E-state index contributed by atoms with van der Waals surface area (Å²) in [4.78, 5) is 0.188. The van der Waals surface area contributed by atoms with Crippen molar-refractivity contribution >= 4 is 33.2 Å². The highest BCUT2D eigenvalue weighted by Gasteiger charge is 2.23. The van der Waals surface area contributed by atoms with Crippen LogP contribution >= 0.6 is 23.2 Å². The summed E-state index contributed by atoms with van der Waals surface area (Å²) in [5.74, 6) is 0. The Kier molecular flexibility index (Phi) is 4.93. The molecule has 21 heavy (non-hydrogen) atoms. The number of aromatic nitrogens is 2. The molecule has 0 radical (unpaired) electrons. The van der Waals surface area contributed by atoms with E-state index in [0.717, 1.165) is 0 Å². The van der Waals surface area contributed by atoms with Crippen LogP contribution < -0.4 is 0 Å². The monoisotopic (exact) mass is 347 g/mol. The van der Waals surface area contributed by atoms with E-state index in [-0.39, 0.29) is 11.4 Å². The maximum atomic E-state index is 12.5. The minimum absolute atomic E-state index is 0.150. The highest BCUT2D eigenvalue weighted by atomic mass is 35.5. The lowest BCUT2D eigenvalue weighted by Crippen LogP contribution is -2.27. The van der Waals surface area contributed by atoms with Crippen LogP contribution in [0.5, 0.6) is 0 Å². The Balaban J connectivity index is 2.28. The van der Waals surface area contributed by atoms with Crippen LogP contribution in [0.4, 0.5) is 0 Å². The molecule has 8 heteroatoms. The maximum absolute atomic E-state index is 12.5. The van der Waals surface area contributed by atoms with E-state index >= 15 is 0 Å². The lowest BCUT2D eigenvalue weighted by molar-refractivity contribution is 0.447. The molecule has 1 heterocycles. The second kappa shape index (κ2) is 6.36. The average molecular weight is 348 g/mol. The van der Waals surface area contributed by atoms with E-state index in [0.29, 0.717) is 22.3 Å². The molecule has 0 atom stereocenters. The SMILES string of the molecule is CCn1ncc(Cl)c1CN(C)S(=O)(=O)c1ccc(Cl)cc1. The third-order valence-electron chi connectivity index (χ3n) is 3.09. The van der Waals surface area contributed by atoms with Gasteiger partial charge in [-0.25, -0.2) is 8.42 Å². The number of benzene rings is 1. The molecule has 2 aromatic rings. The summed E-state index contributed by atoms with van der Waals surface area (Å²) in [6.07, 6.45) is 1.52. The number of hydrogen-bond donors (Lipinski definition) is 0. The van der Waals surface area contributed by atoms with Crippen LogP contribution in [-0.4, -0.2) is 29.6 Å². The first-order valence-corrected chi connectivity index (χ1v) is 8.48. The topological polar surface area (TPSA) is 55.2 Å². The quantitative estimate of drug-likeness (QED) is 0.835. The molecule has 0 unspecified atom stereocenters. The molecule has 0 bridgehead atoms. The van der Waals surface area contributed by atoms with Crippen LogP contribution in [0, 0.1) is 0 Å². The van der Waals surface area contributed by atoms with Gasteiger partial charge in [-0.15, -0.1) is 0 Å². The van der Waals surface area contributed by atoms with E-state index in [2.05, 4.69) is 5.10 Å². The second-order valence-electron chi connectivity index (χ2n) is 4.47. The molecule has 0 saturated carbocycles. The molecular weight excluding hydrogens is 333 g/mol. The minimum Gasteiger partial charge on any atom is -0.267 e. The highest BCUT2D eigenvalue weighted by Crippen LogP contribution is 2.22. The number of aryl methyl sites for hydroxylation is 1. The van der Waals surface area contributed by atoms with Gasteiger partial charge in [0, 0.05) is 18.6 Å². The summed E-state index contributed by atoms with van der Waals surface area (Å²) >= 11 is 11.8. The summed E-state index contributed by atoms with van der Waals surface area (Å²) in [7, 11) is -2.09. The molecular formula is C13H15Cl2N3O2S. The highest BCUT2D eigenvalue weighted by molar-refractivity contribution is 7.89. The predicted molar refractivity (Wildman–Crippen MR) is 83.0 cm³/mol. The van der Waals surface area contributed by atoms with Gasteiger partial charge in [-0.05, 0) is 31.2 Å². The summed E-state index contributed by atoms with van der Waals surface area (Å²) < 4.78 is 27.9. The van der Waals surface area contributed by atoms with Crippen LogP contribution in [0.3, 0.4) is 0 Å². The molecule has 114 valence electrons. The van der Waals surface area contributed by atoms with E-state index in [1.807, 2.05) is 6.92 Å². The number of sulfonamides is 1. The normalized spacial score (nSPS) is 12.0. The van der Waals surface area contributed by atoms with Crippen LogP contribution in [0.1, 0.15) is 12.6 Å². The van der Waals surface area contributed by atoms with Crippen molar-refractivity contribution in [2.75, 3.05) is 7.05 Å². The Hall–Kier alpha value is -1.08. The fourth-order valence-corrected chi connectivity index (χ4v) is 3.36. The van der Waals surface area contributed by atoms with Crippen molar-refractivity contribution in [2.24, 2.45) is 0 Å². The number of nitrogens with zero attached hydrogens (tertiary/aromatic N) is 3. The molecule has 5 nitrogen and oxygen atoms in total. The third-order valence-corrected chi connectivity index (χ3v) is 5.48. The Bertz CT molecular complexity index is 726. The molecule has 1 aromatic heterocycles. The molecule has 0 aliphatic carbocycles. The largest absolute Gasteiger partial charge is 0.267 e. The van der Waals surface area contributed by atoms with Gasteiger partial charge in [0.1, 0.15) is 0 Å². The van der Waals surface area contributed by atoms with Gasteiger partial charge in [0.15, 0.2) is 0 Å². The molecule has 0 fully saturated rings. The summed E-state index contributed by atoms with van der Waals surface area (Å²) in [6.45, 7) is 2.69. The fraction of sp³-hybridized carbons (Fsp3) is 0.308. The van der Waals surface area contributed by atoms with Crippen molar-refractivity contribution in [3.63, 3.8) is 0 Å².